The Labute approximate surface area is 123 Å². The summed E-state index contributed by atoms with van der Waals surface area (Å²) in [6, 6.07) is 13.8. The molecule has 4 heteroatoms. The molecule has 0 radical (unpaired) electrons. The highest BCUT2D eigenvalue weighted by Crippen LogP contribution is 2.25. The number of nitrogens with zero attached hydrogens (tertiary/aromatic N) is 2. The summed E-state index contributed by atoms with van der Waals surface area (Å²) in [5, 5.41) is 15.3. The van der Waals surface area contributed by atoms with Crippen LogP contribution in [0.25, 0.3) is 10.9 Å². The maximum Gasteiger partial charge on any atom is 0.123 e. The van der Waals surface area contributed by atoms with E-state index in [0.717, 1.165) is 27.8 Å². The Morgan fingerprint density at radius 2 is 2.05 bits per heavy atom. The van der Waals surface area contributed by atoms with Crippen molar-refractivity contribution in [2.45, 2.75) is 19.6 Å². The van der Waals surface area contributed by atoms with Crippen LogP contribution < -0.4 is 4.74 Å². The average molecular weight is 282 g/mol. The predicted octanol–water partition coefficient (Wildman–Crippen LogP) is 3.15. The number of rotatable bonds is 4. The van der Waals surface area contributed by atoms with Crippen LogP contribution in [0.1, 0.15) is 24.2 Å². The fourth-order valence-electron chi connectivity index (χ4n) is 2.50. The summed E-state index contributed by atoms with van der Waals surface area (Å²) in [5.74, 6) is 0.805. The quantitative estimate of drug-likeness (QED) is 0.799. The van der Waals surface area contributed by atoms with Gasteiger partial charge in [0, 0.05) is 10.9 Å². The minimum Gasteiger partial charge on any atom is -0.496 e. The van der Waals surface area contributed by atoms with E-state index in [0.29, 0.717) is 6.54 Å². The molecule has 0 aliphatic heterocycles. The number of ether oxygens (including phenoxy) is 1. The van der Waals surface area contributed by atoms with E-state index < -0.39 is 6.10 Å². The smallest absolute Gasteiger partial charge is 0.123 e. The summed E-state index contributed by atoms with van der Waals surface area (Å²) in [6.45, 7) is 2.37. The second-order valence-electron chi connectivity index (χ2n) is 5.11. The molecule has 1 aromatic heterocycles. The standard InChI is InChI=1S/C17H18N2O2/c1-12(20)13-7-8-17(21-2)15(9-13)11-19-16-6-4-3-5-14(16)10-18-19/h3-10,12,20H,11H2,1-2H3. The molecule has 1 atom stereocenters. The van der Waals surface area contributed by atoms with Crippen molar-refractivity contribution < 1.29 is 9.84 Å². The third-order valence-electron chi connectivity index (χ3n) is 3.66. The van der Waals surface area contributed by atoms with Crippen LogP contribution in [0.3, 0.4) is 0 Å². The SMILES string of the molecule is COc1ccc(C(C)O)cc1Cn1ncc2ccccc21. The average Bonchev–Trinajstić information content (AvgIpc) is 2.90. The van der Waals surface area contributed by atoms with Gasteiger partial charge in [0.2, 0.25) is 0 Å². The molecular weight excluding hydrogens is 264 g/mol. The Morgan fingerprint density at radius 1 is 1.24 bits per heavy atom. The second kappa shape index (κ2) is 5.58. The number of para-hydroxylation sites is 1. The first-order valence-corrected chi connectivity index (χ1v) is 6.94. The molecule has 0 bridgehead atoms. The van der Waals surface area contributed by atoms with Crippen LogP contribution in [0.4, 0.5) is 0 Å². The molecule has 2 aromatic carbocycles. The van der Waals surface area contributed by atoms with E-state index in [4.69, 9.17) is 4.74 Å². The summed E-state index contributed by atoms with van der Waals surface area (Å²) in [4.78, 5) is 0. The van der Waals surface area contributed by atoms with E-state index in [1.807, 2.05) is 53.3 Å². The number of hydrogen-bond donors (Lipinski definition) is 1. The van der Waals surface area contributed by atoms with E-state index in [2.05, 4.69) is 5.10 Å². The molecule has 3 rings (SSSR count). The van der Waals surface area contributed by atoms with Crippen LogP contribution >= 0.6 is 0 Å². The molecule has 3 aromatic rings. The topological polar surface area (TPSA) is 47.3 Å². The highest BCUT2D eigenvalue weighted by molar-refractivity contribution is 5.78. The lowest BCUT2D eigenvalue weighted by Gasteiger charge is -2.13. The van der Waals surface area contributed by atoms with Crippen LogP contribution in [0, 0.1) is 0 Å². The van der Waals surface area contributed by atoms with Crippen molar-refractivity contribution in [1.82, 2.24) is 9.78 Å². The molecule has 21 heavy (non-hydrogen) atoms. The summed E-state index contributed by atoms with van der Waals surface area (Å²) >= 11 is 0. The third-order valence-corrected chi connectivity index (χ3v) is 3.66. The number of fused-ring (bicyclic) bond motifs is 1. The molecule has 0 amide bonds. The van der Waals surface area contributed by atoms with Gasteiger partial charge in [-0.05, 0) is 30.7 Å². The van der Waals surface area contributed by atoms with Gasteiger partial charge >= 0.3 is 0 Å². The first-order chi connectivity index (χ1) is 10.2. The maximum atomic E-state index is 9.75. The molecule has 0 aliphatic carbocycles. The van der Waals surface area contributed by atoms with Gasteiger partial charge in [0.05, 0.1) is 31.5 Å². The Balaban J connectivity index is 2.02. The van der Waals surface area contributed by atoms with Crippen LogP contribution in [0.15, 0.2) is 48.7 Å². The lowest BCUT2D eigenvalue weighted by Crippen LogP contribution is -2.05. The van der Waals surface area contributed by atoms with Gasteiger partial charge < -0.3 is 9.84 Å². The summed E-state index contributed by atoms with van der Waals surface area (Å²) < 4.78 is 7.36. The van der Waals surface area contributed by atoms with Crippen LogP contribution in [0.2, 0.25) is 0 Å². The van der Waals surface area contributed by atoms with Crippen LogP contribution in [-0.4, -0.2) is 22.0 Å². The van der Waals surface area contributed by atoms with Gasteiger partial charge in [-0.25, -0.2) is 0 Å². The van der Waals surface area contributed by atoms with Crippen molar-refractivity contribution >= 4 is 10.9 Å². The van der Waals surface area contributed by atoms with Gasteiger partial charge in [0.15, 0.2) is 0 Å². The molecule has 0 saturated heterocycles. The van der Waals surface area contributed by atoms with Crippen molar-refractivity contribution in [2.75, 3.05) is 7.11 Å². The molecule has 1 unspecified atom stereocenters. The van der Waals surface area contributed by atoms with Crippen molar-refractivity contribution in [3.05, 3.63) is 59.8 Å². The number of aliphatic hydroxyl groups is 1. The zero-order chi connectivity index (χ0) is 14.8. The fraction of sp³-hybridized carbons (Fsp3) is 0.235. The minimum absolute atomic E-state index is 0.496. The van der Waals surface area contributed by atoms with E-state index in [1.165, 1.54) is 0 Å². The molecule has 1 N–H and O–H groups in total. The molecular formula is C17H18N2O2. The largest absolute Gasteiger partial charge is 0.496 e. The normalized spacial score (nSPS) is 12.5. The van der Waals surface area contributed by atoms with Crippen molar-refractivity contribution in [3.63, 3.8) is 0 Å². The van der Waals surface area contributed by atoms with Crippen molar-refractivity contribution in [3.8, 4) is 5.75 Å². The lowest BCUT2D eigenvalue weighted by molar-refractivity contribution is 0.199. The fourth-order valence-corrected chi connectivity index (χ4v) is 2.50. The Hall–Kier alpha value is -2.33. The summed E-state index contributed by atoms with van der Waals surface area (Å²) in [6.07, 6.45) is 1.37. The van der Waals surface area contributed by atoms with Gasteiger partial charge in [-0.3, -0.25) is 4.68 Å². The second-order valence-corrected chi connectivity index (χ2v) is 5.11. The van der Waals surface area contributed by atoms with Crippen molar-refractivity contribution in [2.24, 2.45) is 0 Å². The van der Waals surface area contributed by atoms with Crippen LogP contribution in [-0.2, 0) is 6.54 Å². The number of hydrogen-bond acceptors (Lipinski definition) is 3. The number of aromatic nitrogens is 2. The van der Waals surface area contributed by atoms with Gasteiger partial charge in [-0.1, -0.05) is 24.3 Å². The Morgan fingerprint density at radius 3 is 2.81 bits per heavy atom. The highest BCUT2D eigenvalue weighted by Gasteiger charge is 2.10. The molecule has 0 spiro atoms. The van der Waals surface area contributed by atoms with E-state index in [-0.39, 0.29) is 0 Å². The molecule has 4 nitrogen and oxygen atoms in total. The van der Waals surface area contributed by atoms with E-state index in [1.54, 1.807) is 14.0 Å². The highest BCUT2D eigenvalue weighted by atomic mass is 16.5. The lowest BCUT2D eigenvalue weighted by atomic mass is 10.1. The minimum atomic E-state index is -0.496. The predicted molar refractivity (Wildman–Crippen MR) is 82.5 cm³/mol. The zero-order valence-corrected chi connectivity index (χ0v) is 12.2. The van der Waals surface area contributed by atoms with Crippen molar-refractivity contribution in [1.29, 1.82) is 0 Å². The summed E-state index contributed by atoms with van der Waals surface area (Å²) in [5.41, 5.74) is 2.97. The molecule has 0 fully saturated rings. The van der Waals surface area contributed by atoms with Gasteiger partial charge in [-0.2, -0.15) is 5.10 Å². The van der Waals surface area contributed by atoms with Gasteiger partial charge in [0.25, 0.3) is 0 Å². The third kappa shape index (κ3) is 2.62. The number of benzene rings is 2. The van der Waals surface area contributed by atoms with Gasteiger partial charge in [0.1, 0.15) is 5.75 Å². The van der Waals surface area contributed by atoms with Crippen LogP contribution in [0.5, 0.6) is 5.75 Å². The molecule has 1 heterocycles. The summed E-state index contributed by atoms with van der Waals surface area (Å²) in [7, 11) is 1.65. The molecule has 108 valence electrons. The molecule has 0 saturated carbocycles. The first kappa shape index (κ1) is 13.6. The number of methoxy groups -OCH3 is 1. The molecule has 0 aliphatic rings. The number of aliphatic hydroxyl groups excluding tert-OH is 1. The monoisotopic (exact) mass is 282 g/mol. The Kier molecular flexibility index (Phi) is 3.62. The Bertz CT molecular complexity index is 762. The zero-order valence-electron chi connectivity index (χ0n) is 12.2. The van der Waals surface area contributed by atoms with E-state index in [9.17, 15) is 5.11 Å². The maximum absolute atomic E-state index is 9.75. The van der Waals surface area contributed by atoms with Gasteiger partial charge in [-0.15, -0.1) is 0 Å². The first-order valence-electron chi connectivity index (χ1n) is 6.94. The van der Waals surface area contributed by atoms with E-state index >= 15 is 0 Å².